The predicted molar refractivity (Wildman–Crippen MR) is 94.2 cm³/mol. The molecule has 9 heteroatoms. The fourth-order valence-corrected chi connectivity index (χ4v) is 3.34. The summed E-state index contributed by atoms with van der Waals surface area (Å²) in [4.78, 5) is 23.9. The van der Waals surface area contributed by atoms with E-state index in [0.29, 0.717) is 24.8 Å². The monoisotopic (exact) mass is 387 g/mol. The molecule has 0 aromatic heterocycles. The Labute approximate surface area is 155 Å². The number of carbonyl (C=O) groups excluding carboxylic acids is 1. The molecular formula is C18H24F3N3O3. The van der Waals surface area contributed by atoms with Crippen LogP contribution in [0.3, 0.4) is 0 Å². The Bertz CT molecular complexity index is 681. The summed E-state index contributed by atoms with van der Waals surface area (Å²) in [6.45, 7) is 2.62. The molecule has 1 fully saturated rings. The van der Waals surface area contributed by atoms with E-state index < -0.39 is 29.6 Å². The lowest BCUT2D eigenvalue weighted by Crippen LogP contribution is -2.55. The van der Waals surface area contributed by atoms with Crippen LogP contribution in [0.25, 0.3) is 0 Å². The molecule has 1 aliphatic rings. The van der Waals surface area contributed by atoms with Gasteiger partial charge in [0.1, 0.15) is 6.54 Å². The van der Waals surface area contributed by atoms with E-state index in [4.69, 9.17) is 0 Å². The maximum Gasteiger partial charge on any atom is 0.406 e. The Kier molecular flexibility index (Phi) is 6.80. The van der Waals surface area contributed by atoms with E-state index in [1.54, 1.807) is 18.2 Å². The number of amides is 1. The average Bonchev–Trinajstić information content (AvgIpc) is 2.57. The number of hydrogen-bond donors (Lipinski definition) is 1. The molecule has 27 heavy (non-hydrogen) atoms. The second kappa shape index (κ2) is 8.69. The minimum Gasteiger partial charge on any atom is -0.332 e. The number of rotatable bonds is 7. The molecule has 3 atom stereocenters. The number of benzene rings is 1. The number of nitro groups is 1. The zero-order chi connectivity index (χ0) is 20.2. The molecule has 0 unspecified atom stereocenters. The Balaban J connectivity index is 1.98. The van der Waals surface area contributed by atoms with Crippen LogP contribution in [-0.4, -0.2) is 47.1 Å². The Morgan fingerprint density at radius 2 is 2.00 bits per heavy atom. The molecule has 0 spiro atoms. The zero-order valence-electron chi connectivity index (χ0n) is 15.3. The van der Waals surface area contributed by atoms with E-state index >= 15 is 0 Å². The first-order valence-corrected chi connectivity index (χ1v) is 8.92. The number of nitrogens with zero attached hydrogens (tertiary/aromatic N) is 2. The molecule has 1 N–H and O–H groups in total. The van der Waals surface area contributed by atoms with Gasteiger partial charge >= 0.3 is 6.18 Å². The van der Waals surface area contributed by atoms with Crippen LogP contribution in [0.2, 0.25) is 0 Å². The number of nitro benzene ring substituents is 1. The lowest BCUT2D eigenvalue weighted by atomic mass is 9.92. The third kappa shape index (κ3) is 5.92. The van der Waals surface area contributed by atoms with Gasteiger partial charge in [-0.2, -0.15) is 13.2 Å². The molecule has 1 aromatic carbocycles. The first-order valence-electron chi connectivity index (χ1n) is 8.92. The molecule has 0 aliphatic carbocycles. The zero-order valence-corrected chi connectivity index (χ0v) is 15.3. The van der Waals surface area contributed by atoms with Gasteiger partial charge in [-0.15, -0.1) is 0 Å². The molecule has 0 saturated carbocycles. The first-order chi connectivity index (χ1) is 12.6. The quantitative estimate of drug-likeness (QED) is 0.575. The minimum absolute atomic E-state index is 0.0432. The summed E-state index contributed by atoms with van der Waals surface area (Å²) in [6, 6.07) is 5.61. The molecule has 0 bridgehead atoms. The van der Waals surface area contributed by atoms with E-state index in [1.807, 2.05) is 13.8 Å². The number of hydrogen-bond acceptors (Lipinski definition) is 4. The van der Waals surface area contributed by atoms with Crippen LogP contribution in [0.5, 0.6) is 0 Å². The number of nitrogens with one attached hydrogen (secondary N) is 1. The number of carbonyl (C=O) groups is 1. The second-order valence-electron chi connectivity index (χ2n) is 7.09. The van der Waals surface area contributed by atoms with Crippen LogP contribution in [-0.2, 0) is 11.2 Å². The van der Waals surface area contributed by atoms with Crippen molar-refractivity contribution in [2.75, 3.05) is 13.1 Å². The van der Waals surface area contributed by atoms with Crippen molar-refractivity contribution in [1.82, 2.24) is 10.2 Å². The Morgan fingerprint density at radius 3 is 2.63 bits per heavy atom. The lowest BCUT2D eigenvalue weighted by molar-refractivity contribution is -0.385. The summed E-state index contributed by atoms with van der Waals surface area (Å²) in [5.74, 6) is -0.583. The van der Waals surface area contributed by atoms with E-state index in [0.717, 1.165) is 4.90 Å². The average molecular weight is 387 g/mol. The number of alkyl halides is 3. The Morgan fingerprint density at radius 1 is 1.33 bits per heavy atom. The van der Waals surface area contributed by atoms with Crippen LogP contribution >= 0.6 is 0 Å². The summed E-state index contributed by atoms with van der Waals surface area (Å²) >= 11 is 0. The van der Waals surface area contributed by atoms with Gasteiger partial charge in [0.15, 0.2) is 0 Å². The number of likely N-dealkylation sites (tertiary alicyclic amines) is 1. The highest BCUT2D eigenvalue weighted by molar-refractivity contribution is 5.82. The van der Waals surface area contributed by atoms with Crippen molar-refractivity contribution in [2.24, 2.45) is 5.92 Å². The van der Waals surface area contributed by atoms with Crippen LogP contribution in [0.4, 0.5) is 18.9 Å². The maximum absolute atomic E-state index is 12.6. The summed E-state index contributed by atoms with van der Waals surface area (Å²) in [6.07, 6.45) is -3.00. The van der Waals surface area contributed by atoms with Gasteiger partial charge in [0.05, 0.1) is 11.0 Å². The number of piperidine rings is 1. The molecule has 1 amide bonds. The second-order valence-corrected chi connectivity index (χ2v) is 7.09. The van der Waals surface area contributed by atoms with Gasteiger partial charge in [-0.05, 0) is 32.1 Å². The fourth-order valence-electron chi connectivity index (χ4n) is 3.34. The van der Waals surface area contributed by atoms with Gasteiger partial charge in [0.25, 0.3) is 5.69 Å². The summed E-state index contributed by atoms with van der Waals surface area (Å²) in [5, 5.41) is 14.3. The normalized spacial score (nSPS) is 20.4. The molecule has 0 radical (unpaired) electrons. The number of para-hydroxylation sites is 1. The van der Waals surface area contributed by atoms with Crippen molar-refractivity contribution in [1.29, 1.82) is 0 Å². The first kappa shape index (κ1) is 21.1. The van der Waals surface area contributed by atoms with Crippen molar-refractivity contribution < 1.29 is 22.9 Å². The third-order valence-electron chi connectivity index (χ3n) is 4.95. The van der Waals surface area contributed by atoms with Crippen LogP contribution in [0, 0.1) is 16.0 Å². The largest absolute Gasteiger partial charge is 0.406 e. The smallest absolute Gasteiger partial charge is 0.332 e. The van der Waals surface area contributed by atoms with Gasteiger partial charge in [0, 0.05) is 24.2 Å². The van der Waals surface area contributed by atoms with E-state index in [9.17, 15) is 28.1 Å². The van der Waals surface area contributed by atoms with Gasteiger partial charge in [-0.1, -0.05) is 25.1 Å². The summed E-state index contributed by atoms with van der Waals surface area (Å²) < 4.78 is 37.8. The molecule has 6 nitrogen and oxygen atoms in total. The predicted octanol–water partition coefficient (Wildman–Crippen LogP) is 3.30. The van der Waals surface area contributed by atoms with Crippen LogP contribution < -0.4 is 5.32 Å². The molecule has 150 valence electrons. The molecule has 1 aliphatic heterocycles. The Hall–Kier alpha value is -2.16. The number of halogens is 3. The topological polar surface area (TPSA) is 75.5 Å². The maximum atomic E-state index is 12.6. The van der Waals surface area contributed by atoms with E-state index in [1.165, 1.54) is 6.07 Å². The van der Waals surface area contributed by atoms with Crippen molar-refractivity contribution in [2.45, 2.75) is 51.4 Å². The molecule has 2 rings (SSSR count). The van der Waals surface area contributed by atoms with Crippen molar-refractivity contribution in [3.05, 3.63) is 39.9 Å². The molecule has 1 aromatic rings. The van der Waals surface area contributed by atoms with Gasteiger partial charge in [0.2, 0.25) is 5.91 Å². The van der Waals surface area contributed by atoms with Gasteiger partial charge in [-0.3, -0.25) is 14.9 Å². The fraction of sp³-hybridized carbons (Fsp3) is 0.611. The molecule has 1 heterocycles. The highest BCUT2D eigenvalue weighted by atomic mass is 19.4. The lowest BCUT2D eigenvalue weighted by Gasteiger charge is -2.35. The standard InChI is InChI=1S/C18H24F3N3O3/c1-12(10-14-6-3-4-8-16(14)24(26)27)13(2)22-15-7-5-9-23(17(15)25)11-18(19,20)21/h3-4,6,8,12-13,15,22H,5,7,9-11H2,1-2H3/t12-,13-,15+/m1/s1. The van der Waals surface area contributed by atoms with Crippen molar-refractivity contribution >= 4 is 11.6 Å². The highest BCUT2D eigenvalue weighted by Gasteiger charge is 2.37. The van der Waals surface area contributed by atoms with Gasteiger partial charge in [-0.25, -0.2) is 0 Å². The van der Waals surface area contributed by atoms with Crippen molar-refractivity contribution in [3.8, 4) is 0 Å². The summed E-state index contributed by atoms with van der Waals surface area (Å²) in [7, 11) is 0. The SMILES string of the molecule is C[C@H](Cc1ccccc1[N+](=O)[O-])[C@@H](C)N[C@H]1CCCN(CC(F)(F)F)C1=O. The van der Waals surface area contributed by atoms with E-state index in [-0.39, 0.29) is 24.2 Å². The van der Waals surface area contributed by atoms with E-state index in [2.05, 4.69) is 5.32 Å². The summed E-state index contributed by atoms with van der Waals surface area (Å²) in [5.41, 5.74) is 0.638. The van der Waals surface area contributed by atoms with Crippen LogP contribution in [0.1, 0.15) is 32.3 Å². The van der Waals surface area contributed by atoms with Gasteiger partial charge < -0.3 is 10.2 Å². The molecular weight excluding hydrogens is 363 g/mol. The van der Waals surface area contributed by atoms with Crippen molar-refractivity contribution in [3.63, 3.8) is 0 Å². The molecule has 1 saturated heterocycles. The minimum atomic E-state index is -4.41. The van der Waals surface area contributed by atoms with Crippen LogP contribution in [0.15, 0.2) is 24.3 Å². The highest BCUT2D eigenvalue weighted by Crippen LogP contribution is 2.24. The third-order valence-corrected chi connectivity index (χ3v) is 4.95.